The van der Waals surface area contributed by atoms with Crippen molar-refractivity contribution >= 4 is 17.2 Å². The van der Waals surface area contributed by atoms with Crippen LogP contribution in [0.1, 0.15) is 16.1 Å². The second-order valence-corrected chi connectivity index (χ2v) is 5.29. The lowest BCUT2D eigenvalue weighted by Gasteiger charge is -2.05. The van der Waals surface area contributed by atoms with E-state index in [2.05, 4.69) is 15.3 Å². The number of thiazole rings is 1. The molecule has 4 nitrogen and oxygen atoms in total. The van der Waals surface area contributed by atoms with Crippen LogP contribution in [0.3, 0.4) is 0 Å². The summed E-state index contributed by atoms with van der Waals surface area (Å²) in [4.78, 5) is 21.3. The van der Waals surface area contributed by atoms with Gasteiger partial charge in [-0.05, 0) is 23.3 Å². The van der Waals surface area contributed by atoms with Gasteiger partial charge < -0.3 is 5.32 Å². The molecular weight excluding hydrogens is 282 g/mol. The number of carbonyl (C=O) groups is 1. The molecule has 0 bridgehead atoms. The average molecular weight is 295 g/mol. The van der Waals surface area contributed by atoms with Crippen LogP contribution in [-0.2, 0) is 6.54 Å². The van der Waals surface area contributed by atoms with Crippen LogP contribution in [-0.4, -0.2) is 15.9 Å². The Bertz CT molecular complexity index is 726. The number of aromatic nitrogens is 2. The molecule has 0 unspecified atom stereocenters. The Morgan fingerprint density at radius 1 is 1.10 bits per heavy atom. The lowest BCUT2D eigenvalue weighted by molar-refractivity contribution is 0.0947. The summed E-state index contributed by atoms with van der Waals surface area (Å²) >= 11 is 1.47. The molecule has 5 heteroatoms. The first kappa shape index (κ1) is 13.5. The van der Waals surface area contributed by atoms with Gasteiger partial charge in [0.05, 0.1) is 10.4 Å². The van der Waals surface area contributed by atoms with E-state index in [9.17, 15) is 4.79 Å². The second kappa shape index (κ2) is 6.28. The third kappa shape index (κ3) is 3.14. The van der Waals surface area contributed by atoms with Crippen molar-refractivity contribution in [3.63, 3.8) is 0 Å². The molecule has 0 radical (unpaired) electrons. The SMILES string of the molecule is O=C(NCc1ccncc1)c1ncsc1-c1ccccc1. The number of nitrogens with zero attached hydrogens (tertiary/aromatic N) is 2. The molecule has 0 fully saturated rings. The van der Waals surface area contributed by atoms with Gasteiger partial charge in [0.1, 0.15) is 5.69 Å². The highest BCUT2D eigenvalue weighted by Crippen LogP contribution is 2.27. The van der Waals surface area contributed by atoms with E-state index in [-0.39, 0.29) is 5.91 Å². The molecule has 3 aromatic rings. The van der Waals surface area contributed by atoms with Crippen LogP contribution < -0.4 is 5.32 Å². The fraction of sp³-hybridized carbons (Fsp3) is 0.0625. The lowest BCUT2D eigenvalue weighted by Crippen LogP contribution is -2.23. The minimum atomic E-state index is -0.160. The lowest BCUT2D eigenvalue weighted by atomic mass is 10.1. The van der Waals surface area contributed by atoms with E-state index in [4.69, 9.17) is 0 Å². The fourth-order valence-electron chi connectivity index (χ4n) is 1.97. The number of hydrogen-bond acceptors (Lipinski definition) is 4. The molecule has 1 aromatic carbocycles. The van der Waals surface area contributed by atoms with Crippen molar-refractivity contribution in [1.29, 1.82) is 0 Å². The quantitative estimate of drug-likeness (QED) is 0.804. The van der Waals surface area contributed by atoms with Gasteiger partial charge in [-0.3, -0.25) is 9.78 Å². The second-order valence-electron chi connectivity index (χ2n) is 4.43. The van der Waals surface area contributed by atoms with Crippen molar-refractivity contribution in [2.24, 2.45) is 0 Å². The van der Waals surface area contributed by atoms with Crippen molar-refractivity contribution in [2.75, 3.05) is 0 Å². The minimum Gasteiger partial charge on any atom is -0.347 e. The highest BCUT2D eigenvalue weighted by Gasteiger charge is 2.15. The third-order valence-corrected chi connectivity index (χ3v) is 3.90. The summed E-state index contributed by atoms with van der Waals surface area (Å²) in [5.41, 5.74) is 4.19. The number of nitrogens with one attached hydrogen (secondary N) is 1. The molecule has 3 rings (SSSR count). The van der Waals surface area contributed by atoms with E-state index >= 15 is 0 Å². The minimum absolute atomic E-state index is 0.160. The first-order valence-electron chi connectivity index (χ1n) is 6.50. The van der Waals surface area contributed by atoms with Crippen molar-refractivity contribution in [1.82, 2.24) is 15.3 Å². The maximum atomic E-state index is 12.3. The van der Waals surface area contributed by atoms with Crippen LogP contribution in [0.2, 0.25) is 0 Å². The molecule has 21 heavy (non-hydrogen) atoms. The van der Waals surface area contributed by atoms with Gasteiger partial charge in [0.2, 0.25) is 0 Å². The number of benzene rings is 1. The summed E-state index contributed by atoms with van der Waals surface area (Å²) in [6, 6.07) is 13.6. The van der Waals surface area contributed by atoms with Gasteiger partial charge in [-0.15, -0.1) is 11.3 Å². The first-order valence-corrected chi connectivity index (χ1v) is 7.38. The van der Waals surface area contributed by atoms with Gasteiger partial charge in [-0.1, -0.05) is 30.3 Å². The smallest absolute Gasteiger partial charge is 0.271 e. The largest absolute Gasteiger partial charge is 0.347 e. The van der Waals surface area contributed by atoms with Crippen LogP contribution in [0.25, 0.3) is 10.4 Å². The number of pyridine rings is 1. The number of amides is 1. The molecule has 0 saturated heterocycles. The summed E-state index contributed by atoms with van der Waals surface area (Å²) in [6.45, 7) is 0.465. The van der Waals surface area contributed by atoms with Crippen molar-refractivity contribution in [3.05, 3.63) is 71.6 Å². The monoisotopic (exact) mass is 295 g/mol. The van der Waals surface area contributed by atoms with Crippen LogP contribution in [0, 0.1) is 0 Å². The van der Waals surface area contributed by atoms with E-state index in [0.717, 1.165) is 16.0 Å². The maximum absolute atomic E-state index is 12.3. The standard InChI is InChI=1S/C16H13N3OS/c20-16(18-10-12-6-8-17-9-7-12)14-15(21-11-19-14)13-4-2-1-3-5-13/h1-9,11H,10H2,(H,18,20). The molecule has 0 atom stereocenters. The maximum Gasteiger partial charge on any atom is 0.271 e. The summed E-state index contributed by atoms with van der Waals surface area (Å²) in [5, 5.41) is 2.89. The summed E-state index contributed by atoms with van der Waals surface area (Å²) in [7, 11) is 0. The molecule has 0 aliphatic rings. The Morgan fingerprint density at radius 2 is 1.86 bits per heavy atom. The van der Waals surface area contributed by atoms with Gasteiger partial charge in [0.25, 0.3) is 5.91 Å². The molecule has 2 heterocycles. The van der Waals surface area contributed by atoms with Crippen LogP contribution >= 0.6 is 11.3 Å². The zero-order chi connectivity index (χ0) is 14.5. The molecular formula is C16H13N3OS. The summed E-state index contributed by atoms with van der Waals surface area (Å²) in [6.07, 6.45) is 3.42. The van der Waals surface area contributed by atoms with Gasteiger partial charge in [0, 0.05) is 18.9 Å². The number of carbonyl (C=O) groups excluding carboxylic acids is 1. The summed E-state index contributed by atoms with van der Waals surface area (Å²) < 4.78 is 0. The highest BCUT2D eigenvalue weighted by atomic mass is 32.1. The molecule has 1 N–H and O–H groups in total. The zero-order valence-electron chi connectivity index (χ0n) is 11.2. The highest BCUT2D eigenvalue weighted by molar-refractivity contribution is 7.13. The zero-order valence-corrected chi connectivity index (χ0v) is 12.0. The van der Waals surface area contributed by atoms with E-state index in [1.165, 1.54) is 11.3 Å². The van der Waals surface area contributed by atoms with Gasteiger partial charge in [0.15, 0.2) is 0 Å². The molecule has 0 aliphatic heterocycles. The van der Waals surface area contributed by atoms with Gasteiger partial charge >= 0.3 is 0 Å². The molecule has 2 aromatic heterocycles. The van der Waals surface area contributed by atoms with Crippen LogP contribution in [0.4, 0.5) is 0 Å². The predicted molar refractivity (Wildman–Crippen MR) is 83.0 cm³/mol. The average Bonchev–Trinajstić information content (AvgIpc) is 3.04. The molecule has 0 saturated carbocycles. The third-order valence-electron chi connectivity index (χ3n) is 3.02. The van der Waals surface area contributed by atoms with Gasteiger partial charge in [-0.2, -0.15) is 0 Å². The summed E-state index contributed by atoms with van der Waals surface area (Å²) in [5.74, 6) is -0.160. The van der Waals surface area contributed by atoms with E-state index in [1.54, 1.807) is 17.9 Å². The molecule has 0 aliphatic carbocycles. The van der Waals surface area contributed by atoms with E-state index in [0.29, 0.717) is 12.2 Å². The van der Waals surface area contributed by atoms with Crippen LogP contribution in [0.15, 0.2) is 60.4 Å². The van der Waals surface area contributed by atoms with E-state index in [1.807, 2.05) is 42.5 Å². The van der Waals surface area contributed by atoms with E-state index < -0.39 is 0 Å². The molecule has 1 amide bonds. The fourth-order valence-corrected chi connectivity index (χ4v) is 2.76. The predicted octanol–water partition coefficient (Wildman–Crippen LogP) is 3.14. The first-order chi connectivity index (χ1) is 10.3. The number of hydrogen-bond donors (Lipinski definition) is 1. The van der Waals surface area contributed by atoms with Crippen molar-refractivity contribution in [3.8, 4) is 10.4 Å². The Hall–Kier alpha value is -2.53. The molecule has 104 valence electrons. The Kier molecular flexibility index (Phi) is 4.02. The number of rotatable bonds is 4. The Balaban J connectivity index is 1.76. The van der Waals surface area contributed by atoms with Gasteiger partial charge in [-0.25, -0.2) is 4.98 Å². The Labute approximate surface area is 126 Å². The topological polar surface area (TPSA) is 54.9 Å². The normalized spacial score (nSPS) is 10.3. The van der Waals surface area contributed by atoms with Crippen molar-refractivity contribution in [2.45, 2.75) is 6.54 Å². The molecule has 0 spiro atoms. The van der Waals surface area contributed by atoms with Crippen LogP contribution in [0.5, 0.6) is 0 Å². The Morgan fingerprint density at radius 3 is 2.62 bits per heavy atom. The van der Waals surface area contributed by atoms with Crippen molar-refractivity contribution < 1.29 is 4.79 Å².